The molecule has 1 fully saturated rings. The van der Waals surface area contributed by atoms with Crippen LogP contribution < -0.4 is 5.32 Å². The predicted octanol–water partition coefficient (Wildman–Crippen LogP) is 2.27. The Labute approximate surface area is 91.8 Å². The third-order valence-electron chi connectivity index (χ3n) is 2.20. The second-order valence-corrected chi connectivity index (χ2v) is 4.56. The van der Waals surface area contributed by atoms with Crippen LogP contribution in [0.4, 0.5) is 0 Å². The number of amides is 1. The summed E-state index contributed by atoms with van der Waals surface area (Å²) in [5, 5.41) is 2.97. The summed E-state index contributed by atoms with van der Waals surface area (Å²) in [6, 6.07) is 8.31. The van der Waals surface area contributed by atoms with Gasteiger partial charge < -0.3 is 5.32 Å². The first-order valence-electron chi connectivity index (χ1n) is 4.78. The quantitative estimate of drug-likeness (QED) is 0.880. The Bertz CT molecular complexity index is 347. The van der Waals surface area contributed by atoms with Gasteiger partial charge in [-0.3, -0.25) is 4.79 Å². The first-order chi connectivity index (χ1) is 6.74. The zero-order chi connectivity index (χ0) is 9.97. The molecule has 1 aromatic carbocycles. The first-order valence-corrected chi connectivity index (χ1v) is 5.57. The summed E-state index contributed by atoms with van der Waals surface area (Å²) in [6.07, 6.45) is 2.77. The van der Waals surface area contributed by atoms with Gasteiger partial charge in [0.1, 0.15) is 0 Å². The number of carbonyl (C=O) groups is 1. The summed E-state index contributed by atoms with van der Waals surface area (Å²) in [5.74, 6) is 0.130. The minimum atomic E-state index is 0.130. The number of carbonyl (C=O) groups excluding carboxylic acids is 1. The highest BCUT2D eigenvalue weighted by Crippen LogP contribution is 2.19. The summed E-state index contributed by atoms with van der Waals surface area (Å²) in [7, 11) is 0. The van der Waals surface area contributed by atoms with Crippen molar-refractivity contribution in [1.29, 1.82) is 0 Å². The first kappa shape index (κ1) is 9.71. The highest BCUT2D eigenvalue weighted by Gasteiger charge is 2.22. The molecule has 1 aliphatic carbocycles. The van der Waals surface area contributed by atoms with Crippen LogP contribution in [-0.4, -0.2) is 11.9 Å². The molecule has 0 aliphatic heterocycles. The van der Waals surface area contributed by atoms with Crippen LogP contribution in [0.2, 0.25) is 0 Å². The Morgan fingerprint density at radius 1 is 1.50 bits per heavy atom. The van der Waals surface area contributed by atoms with Crippen LogP contribution in [0.15, 0.2) is 28.7 Å². The predicted molar refractivity (Wildman–Crippen MR) is 59.0 cm³/mol. The van der Waals surface area contributed by atoms with Gasteiger partial charge in [-0.05, 0) is 30.5 Å². The molecule has 1 aliphatic rings. The van der Waals surface area contributed by atoms with Gasteiger partial charge in [-0.25, -0.2) is 0 Å². The normalized spacial score (nSPS) is 15.2. The Kier molecular flexibility index (Phi) is 2.87. The smallest absolute Gasteiger partial charge is 0.224 e. The summed E-state index contributed by atoms with van der Waals surface area (Å²) in [6.45, 7) is 0. The summed E-state index contributed by atoms with van der Waals surface area (Å²) in [5.41, 5.74) is 1.05. The van der Waals surface area contributed by atoms with Gasteiger partial charge in [0, 0.05) is 10.5 Å². The maximum Gasteiger partial charge on any atom is 0.224 e. The summed E-state index contributed by atoms with van der Waals surface area (Å²) >= 11 is 3.38. The molecule has 2 nitrogen and oxygen atoms in total. The van der Waals surface area contributed by atoms with E-state index >= 15 is 0 Å². The zero-order valence-electron chi connectivity index (χ0n) is 7.79. The van der Waals surface area contributed by atoms with Crippen molar-refractivity contribution in [2.24, 2.45) is 0 Å². The van der Waals surface area contributed by atoms with E-state index in [1.54, 1.807) is 0 Å². The lowest BCUT2D eigenvalue weighted by Crippen LogP contribution is -2.26. The SMILES string of the molecule is O=C(Cc1cccc(Br)c1)NC1CC1. The minimum Gasteiger partial charge on any atom is -0.353 e. The fourth-order valence-electron chi connectivity index (χ4n) is 1.34. The van der Waals surface area contributed by atoms with Crippen LogP contribution in [0.5, 0.6) is 0 Å². The molecule has 1 saturated carbocycles. The molecule has 14 heavy (non-hydrogen) atoms. The van der Waals surface area contributed by atoms with Crippen molar-refractivity contribution in [2.75, 3.05) is 0 Å². The van der Waals surface area contributed by atoms with Crippen LogP contribution in [0.3, 0.4) is 0 Å². The molecule has 3 heteroatoms. The summed E-state index contributed by atoms with van der Waals surface area (Å²) < 4.78 is 1.02. The van der Waals surface area contributed by atoms with E-state index in [4.69, 9.17) is 0 Å². The van der Waals surface area contributed by atoms with Crippen molar-refractivity contribution in [3.05, 3.63) is 34.3 Å². The molecule has 0 atom stereocenters. The average Bonchev–Trinajstić information content (AvgIpc) is 2.87. The molecule has 1 aromatic rings. The van der Waals surface area contributed by atoms with E-state index in [0.717, 1.165) is 22.9 Å². The standard InChI is InChI=1S/C11H12BrNO/c12-9-3-1-2-8(6-9)7-11(14)13-10-4-5-10/h1-3,6,10H,4-5,7H2,(H,13,14). The Morgan fingerprint density at radius 2 is 2.29 bits per heavy atom. The lowest BCUT2D eigenvalue weighted by Gasteiger charge is -2.03. The van der Waals surface area contributed by atoms with Crippen LogP contribution in [0.25, 0.3) is 0 Å². The van der Waals surface area contributed by atoms with Gasteiger partial charge in [-0.15, -0.1) is 0 Å². The van der Waals surface area contributed by atoms with E-state index in [9.17, 15) is 4.79 Å². The van der Waals surface area contributed by atoms with E-state index in [1.807, 2.05) is 24.3 Å². The number of benzene rings is 1. The second kappa shape index (κ2) is 4.13. The van der Waals surface area contributed by atoms with Gasteiger partial charge >= 0.3 is 0 Å². The van der Waals surface area contributed by atoms with E-state index < -0.39 is 0 Å². The largest absolute Gasteiger partial charge is 0.353 e. The monoisotopic (exact) mass is 253 g/mol. The van der Waals surface area contributed by atoms with E-state index in [0.29, 0.717) is 12.5 Å². The number of hydrogen-bond donors (Lipinski definition) is 1. The zero-order valence-corrected chi connectivity index (χ0v) is 9.38. The van der Waals surface area contributed by atoms with Crippen molar-refractivity contribution >= 4 is 21.8 Å². The molecule has 0 bridgehead atoms. The number of nitrogens with one attached hydrogen (secondary N) is 1. The van der Waals surface area contributed by atoms with Gasteiger partial charge in [0.05, 0.1) is 6.42 Å². The van der Waals surface area contributed by atoms with Crippen molar-refractivity contribution in [3.8, 4) is 0 Å². The van der Waals surface area contributed by atoms with Crippen molar-refractivity contribution in [2.45, 2.75) is 25.3 Å². The lowest BCUT2D eigenvalue weighted by molar-refractivity contribution is -0.120. The average molecular weight is 254 g/mol. The van der Waals surface area contributed by atoms with Gasteiger partial charge in [0.2, 0.25) is 5.91 Å². The van der Waals surface area contributed by atoms with Crippen LogP contribution >= 0.6 is 15.9 Å². The van der Waals surface area contributed by atoms with Crippen LogP contribution in [0.1, 0.15) is 18.4 Å². The van der Waals surface area contributed by atoms with Gasteiger partial charge in [-0.2, -0.15) is 0 Å². The minimum absolute atomic E-state index is 0.130. The lowest BCUT2D eigenvalue weighted by atomic mass is 10.1. The highest BCUT2D eigenvalue weighted by molar-refractivity contribution is 9.10. The van der Waals surface area contributed by atoms with E-state index in [2.05, 4.69) is 21.2 Å². The fourth-order valence-corrected chi connectivity index (χ4v) is 1.79. The molecular formula is C11H12BrNO. The van der Waals surface area contributed by atoms with Gasteiger partial charge in [0.15, 0.2) is 0 Å². The Hall–Kier alpha value is -0.830. The Morgan fingerprint density at radius 3 is 2.93 bits per heavy atom. The van der Waals surface area contributed by atoms with Crippen molar-refractivity contribution in [1.82, 2.24) is 5.32 Å². The number of rotatable bonds is 3. The molecule has 0 radical (unpaired) electrons. The molecule has 0 spiro atoms. The maximum atomic E-state index is 11.4. The molecule has 1 N–H and O–H groups in total. The molecule has 0 saturated heterocycles. The summed E-state index contributed by atoms with van der Waals surface area (Å²) in [4.78, 5) is 11.4. The number of halogens is 1. The molecule has 0 heterocycles. The number of hydrogen-bond acceptors (Lipinski definition) is 1. The molecule has 0 unspecified atom stereocenters. The molecule has 2 rings (SSSR count). The van der Waals surface area contributed by atoms with Gasteiger partial charge in [-0.1, -0.05) is 28.1 Å². The van der Waals surface area contributed by atoms with Gasteiger partial charge in [0.25, 0.3) is 0 Å². The molecular weight excluding hydrogens is 242 g/mol. The van der Waals surface area contributed by atoms with Crippen molar-refractivity contribution in [3.63, 3.8) is 0 Å². The maximum absolute atomic E-state index is 11.4. The topological polar surface area (TPSA) is 29.1 Å². The van der Waals surface area contributed by atoms with Crippen LogP contribution in [0, 0.1) is 0 Å². The highest BCUT2D eigenvalue weighted by atomic mass is 79.9. The van der Waals surface area contributed by atoms with E-state index in [1.165, 1.54) is 0 Å². The van der Waals surface area contributed by atoms with Crippen molar-refractivity contribution < 1.29 is 4.79 Å². The molecule has 74 valence electrons. The van der Waals surface area contributed by atoms with Crippen LogP contribution in [-0.2, 0) is 11.2 Å². The fraction of sp³-hybridized carbons (Fsp3) is 0.364. The molecule has 0 aromatic heterocycles. The third-order valence-corrected chi connectivity index (χ3v) is 2.69. The Balaban J connectivity index is 1.92. The molecule has 1 amide bonds. The second-order valence-electron chi connectivity index (χ2n) is 3.65. The van der Waals surface area contributed by atoms with E-state index in [-0.39, 0.29) is 5.91 Å². The third kappa shape index (κ3) is 2.84.